The number of nitriles is 1. The third-order valence-corrected chi connectivity index (χ3v) is 5.80. The molecule has 2 unspecified atom stereocenters. The smallest absolute Gasteiger partial charge is 0.244 e. The summed E-state index contributed by atoms with van der Waals surface area (Å²) in [5.74, 6) is 0.288. The van der Waals surface area contributed by atoms with Crippen molar-refractivity contribution in [1.82, 2.24) is 4.31 Å². The summed E-state index contributed by atoms with van der Waals surface area (Å²) in [5.41, 5.74) is 6.05. The second kappa shape index (κ2) is 5.70. The van der Waals surface area contributed by atoms with Crippen molar-refractivity contribution in [3.05, 3.63) is 28.8 Å². The van der Waals surface area contributed by atoms with Crippen LogP contribution in [0.1, 0.15) is 18.9 Å². The van der Waals surface area contributed by atoms with Crippen LogP contribution in [0, 0.1) is 17.2 Å². The van der Waals surface area contributed by atoms with E-state index in [0.717, 1.165) is 0 Å². The molecule has 1 aliphatic heterocycles. The molecule has 0 radical (unpaired) electrons. The minimum atomic E-state index is -3.74. The third-order valence-electron chi connectivity index (χ3n) is 3.66. The average molecular weight is 314 g/mol. The molecule has 2 rings (SSSR count). The maximum absolute atomic E-state index is 12.6. The summed E-state index contributed by atoms with van der Waals surface area (Å²) in [6.45, 7) is 2.68. The van der Waals surface area contributed by atoms with Crippen LogP contribution >= 0.6 is 11.6 Å². The van der Waals surface area contributed by atoms with Crippen molar-refractivity contribution < 1.29 is 8.42 Å². The molecule has 1 fully saturated rings. The fourth-order valence-corrected chi connectivity index (χ4v) is 4.12. The molecule has 1 aliphatic rings. The summed E-state index contributed by atoms with van der Waals surface area (Å²) in [7, 11) is -3.74. The monoisotopic (exact) mass is 313 g/mol. The molecule has 108 valence electrons. The number of halogens is 1. The molecule has 1 aromatic carbocycles. The van der Waals surface area contributed by atoms with Gasteiger partial charge in [0.25, 0.3) is 0 Å². The Kier molecular flexibility index (Phi) is 4.35. The molecule has 7 heteroatoms. The molecule has 1 heterocycles. The Morgan fingerprint density at radius 3 is 2.80 bits per heavy atom. The van der Waals surface area contributed by atoms with Crippen molar-refractivity contribution in [2.24, 2.45) is 11.7 Å². The second-order valence-corrected chi connectivity index (χ2v) is 7.39. The topological polar surface area (TPSA) is 87.2 Å². The number of sulfonamides is 1. The predicted molar refractivity (Wildman–Crippen MR) is 76.7 cm³/mol. The summed E-state index contributed by atoms with van der Waals surface area (Å²) < 4.78 is 26.6. The largest absolute Gasteiger partial charge is 0.326 e. The predicted octanol–water partition coefficient (Wildman–Crippen LogP) is 1.57. The first-order valence-corrected chi connectivity index (χ1v) is 8.13. The van der Waals surface area contributed by atoms with Crippen molar-refractivity contribution in [2.45, 2.75) is 24.3 Å². The molecule has 0 aromatic heterocycles. The highest BCUT2D eigenvalue weighted by molar-refractivity contribution is 7.89. The van der Waals surface area contributed by atoms with E-state index < -0.39 is 10.0 Å². The maximum Gasteiger partial charge on any atom is 0.244 e. The van der Waals surface area contributed by atoms with Gasteiger partial charge in [-0.15, -0.1) is 0 Å². The lowest BCUT2D eigenvalue weighted by Crippen LogP contribution is -2.49. The fraction of sp³-hybridized carbons (Fsp3) is 0.462. The van der Waals surface area contributed by atoms with Crippen LogP contribution in [0.5, 0.6) is 0 Å². The van der Waals surface area contributed by atoms with E-state index in [0.29, 0.717) is 13.0 Å². The van der Waals surface area contributed by atoms with Crippen molar-refractivity contribution >= 4 is 21.6 Å². The van der Waals surface area contributed by atoms with Gasteiger partial charge in [-0.05, 0) is 30.5 Å². The van der Waals surface area contributed by atoms with Gasteiger partial charge >= 0.3 is 0 Å². The standard InChI is InChI=1S/C13H16ClN3O2S/c1-9-4-5-17(8-12(9)16)20(18,19)13-6-11(14)3-2-10(13)7-15/h2-3,6,9,12H,4-5,8,16H2,1H3. The molecule has 0 aliphatic carbocycles. The molecule has 0 saturated carbocycles. The highest BCUT2D eigenvalue weighted by Crippen LogP contribution is 2.27. The molecule has 20 heavy (non-hydrogen) atoms. The van der Waals surface area contributed by atoms with Gasteiger partial charge in [-0.2, -0.15) is 9.57 Å². The van der Waals surface area contributed by atoms with Gasteiger partial charge in [-0.3, -0.25) is 0 Å². The van der Waals surface area contributed by atoms with Crippen molar-refractivity contribution in [1.29, 1.82) is 5.26 Å². The quantitative estimate of drug-likeness (QED) is 0.897. The first-order chi connectivity index (χ1) is 9.36. The van der Waals surface area contributed by atoms with Crippen LogP contribution in [0.15, 0.2) is 23.1 Å². The summed E-state index contributed by atoms with van der Waals surface area (Å²) in [6, 6.07) is 5.94. The van der Waals surface area contributed by atoms with Crippen LogP contribution in [-0.4, -0.2) is 31.9 Å². The lowest BCUT2D eigenvalue weighted by atomic mass is 9.96. The third kappa shape index (κ3) is 2.81. The van der Waals surface area contributed by atoms with E-state index in [2.05, 4.69) is 0 Å². The molecule has 0 amide bonds. The van der Waals surface area contributed by atoms with Crippen LogP contribution < -0.4 is 5.73 Å². The Morgan fingerprint density at radius 2 is 2.20 bits per heavy atom. The Morgan fingerprint density at radius 1 is 1.50 bits per heavy atom. The van der Waals surface area contributed by atoms with Crippen LogP contribution in [-0.2, 0) is 10.0 Å². The van der Waals surface area contributed by atoms with Gasteiger partial charge < -0.3 is 5.73 Å². The molecule has 0 spiro atoms. The normalized spacial score (nSPS) is 24.3. The number of hydrogen-bond acceptors (Lipinski definition) is 4. The van der Waals surface area contributed by atoms with Gasteiger partial charge in [0.2, 0.25) is 10.0 Å². The van der Waals surface area contributed by atoms with Gasteiger partial charge in [0.15, 0.2) is 0 Å². The summed E-state index contributed by atoms with van der Waals surface area (Å²) in [5, 5.41) is 9.35. The van der Waals surface area contributed by atoms with Gasteiger partial charge in [-0.1, -0.05) is 18.5 Å². The summed E-state index contributed by atoms with van der Waals surface area (Å²) in [6.07, 6.45) is 0.711. The van der Waals surface area contributed by atoms with Gasteiger partial charge in [0.1, 0.15) is 11.0 Å². The zero-order valence-electron chi connectivity index (χ0n) is 11.1. The van der Waals surface area contributed by atoms with Crippen LogP contribution in [0.2, 0.25) is 5.02 Å². The van der Waals surface area contributed by atoms with E-state index >= 15 is 0 Å². The minimum absolute atomic E-state index is 0.0470. The molecule has 0 bridgehead atoms. The van der Waals surface area contributed by atoms with Gasteiger partial charge in [-0.25, -0.2) is 8.42 Å². The summed E-state index contributed by atoms with van der Waals surface area (Å²) >= 11 is 5.85. The zero-order chi connectivity index (χ0) is 14.9. The number of benzene rings is 1. The van der Waals surface area contributed by atoms with Crippen LogP contribution in [0.25, 0.3) is 0 Å². The van der Waals surface area contributed by atoms with Crippen LogP contribution in [0.4, 0.5) is 0 Å². The maximum atomic E-state index is 12.6. The molecular weight excluding hydrogens is 298 g/mol. The summed E-state index contributed by atoms with van der Waals surface area (Å²) in [4.78, 5) is -0.0470. The van der Waals surface area contributed by atoms with E-state index in [1.54, 1.807) is 0 Å². The Hall–Kier alpha value is -1.13. The number of nitrogens with zero attached hydrogens (tertiary/aromatic N) is 2. The lowest BCUT2D eigenvalue weighted by molar-refractivity contribution is 0.253. The Bertz CT molecular complexity index is 654. The highest BCUT2D eigenvalue weighted by atomic mass is 35.5. The van der Waals surface area contributed by atoms with Crippen molar-refractivity contribution in [3.63, 3.8) is 0 Å². The van der Waals surface area contributed by atoms with E-state index in [1.807, 2.05) is 13.0 Å². The van der Waals surface area contributed by atoms with E-state index in [-0.39, 0.29) is 34.0 Å². The molecular formula is C13H16ClN3O2S. The zero-order valence-corrected chi connectivity index (χ0v) is 12.7. The Balaban J connectivity index is 2.41. The second-order valence-electron chi connectivity index (χ2n) is 5.05. The molecule has 2 atom stereocenters. The number of hydrogen-bond donors (Lipinski definition) is 1. The van der Waals surface area contributed by atoms with E-state index in [4.69, 9.17) is 22.6 Å². The number of piperidine rings is 1. The van der Waals surface area contributed by atoms with Crippen molar-refractivity contribution in [2.75, 3.05) is 13.1 Å². The fourth-order valence-electron chi connectivity index (χ4n) is 2.23. The van der Waals surface area contributed by atoms with Gasteiger partial charge in [0.05, 0.1) is 5.56 Å². The minimum Gasteiger partial charge on any atom is -0.326 e. The van der Waals surface area contributed by atoms with Crippen molar-refractivity contribution in [3.8, 4) is 6.07 Å². The first kappa shape index (κ1) is 15.3. The average Bonchev–Trinajstić information content (AvgIpc) is 2.41. The van der Waals surface area contributed by atoms with E-state index in [1.165, 1.54) is 22.5 Å². The van der Waals surface area contributed by atoms with E-state index in [9.17, 15) is 8.42 Å². The lowest BCUT2D eigenvalue weighted by Gasteiger charge is -2.34. The number of rotatable bonds is 2. The first-order valence-electron chi connectivity index (χ1n) is 6.31. The van der Waals surface area contributed by atoms with Crippen LogP contribution in [0.3, 0.4) is 0 Å². The Labute approximate surface area is 124 Å². The SMILES string of the molecule is CC1CCN(S(=O)(=O)c2cc(Cl)ccc2C#N)CC1N. The highest BCUT2D eigenvalue weighted by Gasteiger charge is 2.33. The molecule has 1 saturated heterocycles. The van der Waals surface area contributed by atoms with Gasteiger partial charge in [0, 0.05) is 24.2 Å². The molecule has 2 N–H and O–H groups in total. The number of nitrogens with two attached hydrogens (primary N) is 1. The molecule has 1 aromatic rings. The molecule has 5 nitrogen and oxygen atoms in total.